The fourth-order valence-corrected chi connectivity index (χ4v) is 4.04. The maximum atomic E-state index is 10.4. The Kier molecular flexibility index (Phi) is 5.65. The molecule has 2 heterocycles. The lowest BCUT2D eigenvalue weighted by Crippen LogP contribution is -2.04. The summed E-state index contributed by atoms with van der Waals surface area (Å²) in [6.45, 7) is 8.22. The van der Waals surface area contributed by atoms with Crippen molar-refractivity contribution in [3.05, 3.63) is 58.9 Å². The number of hydrogen-bond donors (Lipinski definition) is 2. The van der Waals surface area contributed by atoms with Gasteiger partial charge in [0.05, 0.1) is 14.2 Å². The van der Waals surface area contributed by atoms with Crippen LogP contribution in [0.4, 0.5) is 11.5 Å². The average molecular weight is 433 g/mol. The predicted octanol–water partition coefficient (Wildman–Crippen LogP) is 5.35. The zero-order valence-electron chi connectivity index (χ0n) is 19.3. The zero-order chi connectivity index (χ0) is 23.0. The molecule has 0 bridgehead atoms. The molecule has 7 nitrogen and oxygen atoms in total. The summed E-state index contributed by atoms with van der Waals surface area (Å²) in [5.74, 6) is 1.97. The molecule has 0 amide bonds. The number of hydrogen-bond acceptors (Lipinski definition) is 6. The first-order chi connectivity index (χ1) is 15.4. The molecule has 0 spiro atoms. The third-order valence-corrected chi connectivity index (χ3v) is 5.64. The molecule has 0 unspecified atom stereocenters. The maximum Gasteiger partial charge on any atom is 0.236 e. The SMILES string of the molecule is CCc1cccc(C)c1Nc1c(-c2cc(OC)c(O)c(OC)c2)nc2nc(C)cc(C)n12. The molecular weight excluding hydrogens is 404 g/mol. The van der Waals surface area contributed by atoms with Crippen LogP contribution in [0.3, 0.4) is 0 Å². The van der Waals surface area contributed by atoms with Crippen LogP contribution in [0.2, 0.25) is 0 Å². The van der Waals surface area contributed by atoms with E-state index in [1.54, 1.807) is 12.1 Å². The van der Waals surface area contributed by atoms with E-state index in [2.05, 4.69) is 42.3 Å². The summed E-state index contributed by atoms with van der Waals surface area (Å²) in [5, 5.41) is 14.0. The van der Waals surface area contributed by atoms with Gasteiger partial charge in [-0.1, -0.05) is 25.1 Å². The highest BCUT2D eigenvalue weighted by atomic mass is 16.5. The van der Waals surface area contributed by atoms with Crippen LogP contribution in [0.5, 0.6) is 17.2 Å². The summed E-state index contributed by atoms with van der Waals surface area (Å²) in [6.07, 6.45) is 0.896. The molecule has 0 aliphatic heterocycles. The molecule has 2 N–H and O–H groups in total. The summed E-state index contributed by atoms with van der Waals surface area (Å²) in [4.78, 5) is 9.52. The Morgan fingerprint density at radius 3 is 2.31 bits per heavy atom. The van der Waals surface area contributed by atoms with Crippen molar-refractivity contribution < 1.29 is 14.6 Å². The summed E-state index contributed by atoms with van der Waals surface area (Å²) >= 11 is 0. The third-order valence-electron chi connectivity index (χ3n) is 5.64. The quantitative estimate of drug-likeness (QED) is 0.427. The lowest BCUT2D eigenvalue weighted by Gasteiger charge is -2.16. The van der Waals surface area contributed by atoms with Gasteiger partial charge in [0.15, 0.2) is 11.5 Å². The van der Waals surface area contributed by atoms with Crippen LogP contribution < -0.4 is 14.8 Å². The van der Waals surface area contributed by atoms with Gasteiger partial charge in [0.1, 0.15) is 11.5 Å². The number of phenolic OH excluding ortho intramolecular Hbond substituents is 1. The van der Waals surface area contributed by atoms with Crippen LogP contribution in [0.1, 0.15) is 29.4 Å². The van der Waals surface area contributed by atoms with Gasteiger partial charge in [-0.05, 0) is 56.5 Å². The number of rotatable bonds is 6. The third kappa shape index (κ3) is 3.60. The van der Waals surface area contributed by atoms with E-state index in [1.165, 1.54) is 19.8 Å². The van der Waals surface area contributed by atoms with E-state index in [0.29, 0.717) is 23.0 Å². The van der Waals surface area contributed by atoms with Crippen molar-refractivity contribution in [3.63, 3.8) is 0 Å². The monoisotopic (exact) mass is 432 g/mol. The molecule has 32 heavy (non-hydrogen) atoms. The minimum absolute atomic E-state index is 0.0469. The molecule has 4 rings (SSSR count). The topological polar surface area (TPSA) is 80.9 Å². The van der Waals surface area contributed by atoms with Crippen molar-refractivity contribution in [3.8, 4) is 28.5 Å². The first-order valence-electron chi connectivity index (χ1n) is 10.6. The Labute approximate surface area is 187 Å². The molecule has 0 fully saturated rings. The van der Waals surface area contributed by atoms with Gasteiger partial charge in [-0.25, -0.2) is 9.97 Å². The van der Waals surface area contributed by atoms with Crippen LogP contribution in [-0.4, -0.2) is 33.7 Å². The molecule has 2 aromatic heterocycles. The number of phenols is 1. The standard InChI is InChI=1S/C25H28N4O3/c1-7-17-10-8-9-14(2)21(17)27-24-22(28-25-26-15(3)11-16(4)29(24)25)18-12-19(31-5)23(30)20(13-18)32-6/h8-13,27,30H,7H2,1-6H3. The molecular formula is C25H28N4O3. The molecule has 0 saturated heterocycles. The number of benzene rings is 2. The van der Waals surface area contributed by atoms with Crippen molar-refractivity contribution in [1.29, 1.82) is 0 Å². The molecule has 0 atom stereocenters. The fourth-order valence-electron chi connectivity index (χ4n) is 4.04. The molecule has 0 saturated carbocycles. The second-order valence-corrected chi connectivity index (χ2v) is 7.80. The van der Waals surface area contributed by atoms with Gasteiger partial charge in [0, 0.05) is 22.6 Å². The Morgan fingerprint density at radius 1 is 1.00 bits per heavy atom. The lowest BCUT2D eigenvalue weighted by molar-refractivity contribution is 0.340. The summed E-state index contributed by atoms with van der Waals surface area (Å²) in [6, 6.07) is 11.8. The minimum atomic E-state index is -0.0469. The minimum Gasteiger partial charge on any atom is -0.502 e. The van der Waals surface area contributed by atoms with E-state index >= 15 is 0 Å². The second kappa shape index (κ2) is 8.42. The number of aryl methyl sites for hydroxylation is 4. The van der Waals surface area contributed by atoms with Gasteiger partial charge in [0.2, 0.25) is 11.5 Å². The van der Waals surface area contributed by atoms with E-state index in [0.717, 1.165) is 40.4 Å². The second-order valence-electron chi connectivity index (χ2n) is 7.80. The number of anilines is 2. The van der Waals surface area contributed by atoms with Crippen LogP contribution in [0.15, 0.2) is 36.4 Å². The van der Waals surface area contributed by atoms with Crippen LogP contribution >= 0.6 is 0 Å². The highest BCUT2D eigenvalue weighted by Crippen LogP contribution is 2.42. The van der Waals surface area contributed by atoms with E-state index in [9.17, 15) is 5.11 Å². The lowest BCUT2D eigenvalue weighted by atomic mass is 10.1. The Morgan fingerprint density at radius 2 is 1.69 bits per heavy atom. The number of nitrogens with zero attached hydrogens (tertiary/aromatic N) is 3. The number of fused-ring (bicyclic) bond motifs is 1. The first kappa shape index (κ1) is 21.5. The number of nitrogens with one attached hydrogen (secondary N) is 1. The molecule has 2 aromatic carbocycles. The van der Waals surface area contributed by atoms with E-state index in [-0.39, 0.29) is 5.75 Å². The van der Waals surface area contributed by atoms with Gasteiger partial charge in [-0.3, -0.25) is 4.40 Å². The van der Waals surface area contributed by atoms with Gasteiger partial charge < -0.3 is 19.9 Å². The van der Waals surface area contributed by atoms with Crippen LogP contribution in [0, 0.1) is 20.8 Å². The Hall–Kier alpha value is -3.74. The smallest absolute Gasteiger partial charge is 0.236 e. The Balaban J connectivity index is 2.02. The number of para-hydroxylation sites is 1. The number of aromatic hydroxyl groups is 1. The van der Waals surface area contributed by atoms with Crippen molar-refractivity contribution in [2.24, 2.45) is 0 Å². The van der Waals surface area contributed by atoms with Gasteiger partial charge >= 0.3 is 0 Å². The van der Waals surface area contributed by atoms with Crippen molar-refractivity contribution in [1.82, 2.24) is 14.4 Å². The molecule has 4 aromatic rings. The molecule has 166 valence electrons. The number of ether oxygens (including phenoxy) is 2. The van der Waals surface area contributed by atoms with E-state index < -0.39 is 0 Å². The first-order valence-corrected chi connectivity index (χ1v) is 10.6. The number of imidazole rings is 1. The van der Waals surface area contributed by atoms with Gasteiger partial charge in [-0.2, -0.15) is 0 Å². The van der Waals surface area contributed by atoms with Crippen molar-refractivity contribution in [2.75, 3.05) is 19.5 Å². The van der Waals surface area contributed by atoms with Gasteiger partial charge in [-0.15, -0.1) is 0 Å². The number of methoxy groups -OCH3 is 2. The highest BCUT2D eigenvalue weighted by molar-refractivity contribution is 5.82. The summed E-state index contributed by atoms with van der Waals surface area (Å²) < 4.78 is 12.8. The number of aromatic nitrogens is 3. The molecule has 7 heteroatoms. The van der Waals surface area contributed by atoms with Crippen LogP contribution in [-0.2, 0) is 6.42 Å². The van der Waals surface area contributed by atoms with Crippen molar-refractivity contribution in [2.45, 2.75) is 34.1 Å². The van der Waals surface area contributed by atoms with E-state index in [1.807, 2.05) is 24.3 Å². The van der Waals surface area contributed by atoms with Gasteiger partial charge in [0.25, 0.3) is 0 Å². The summed E-state index contributed by atoms with van der Waals surface area (Å²) in [5.41, 5.74) is 6.74. The normalized spacial score (nSPS) is 11.1. The molecule has 0 radical (unpaired) electrons. The molecule has 0 aliphatic carbocycles. The Bertz CT molecular complexity index is 1290. The largest absolute Gasteiger partial charge is 0.502 e. The molecule has 0 aliphatic rings. The van der Waals surface area contributed by atoms with Crippen molar-refractivity contribution >= 4 is 17.3 Å². The predicted molar refractivity (Wildman–Crippen MR) is 127 cm³/mol. The maximum absolute atomic E-state index is 10.4. The summed E-state index contributed by atoms with van der Waals surface area (Å²) in [7, 11) is 3.02. The fraction of sp³-hybridized carbons (Fsp3) is 0.280. The average Bonchev–Trinajstić information content (AvgIpc) is 3.13. The van der Waals surface area contributed by atoms with E-state index in [4.69, 9.17) is 14.5 Å². The van der Waals surface area contributed by atoms with Crippen LogP contribution in [0.25, 0.3) is 17.0 Å². The highest BCUT2D eigenvalue weighted by Gasteiger charge is 2.22. The zero-order valence-corrected chi connectivity index (χ0v) is 19.3.